The van der Waals surface area contributed by atoms with Crippen LogP contribution in [0.15, 0.2) is 4.99 Å². The molecular formula is C25H49BrN2. The molecule has 2 heterocycles. The van der Waals surface area contributed by atoms with Gasteiger partial charge in [0.1, 0.15) is 0 Å². The standard InChI is InChI=1S/C25H49N2.BrH/c1-2-3-4-5-6-7-8-9-10-11-12-13-14-17-22-27-23-18-15-16-20-25(27)26-21-19-24-27;/h2-24H2,1H3;1H/q+1;/p-1. The summed E-state index contributed by atoms with van der Waals surface area (Å²) in [6.45, 7) is 7.57. The smallest absolute Gasteiger partial charge is 0.198 e. The summed E-state index contributed by atoms with van der Waals surface area (Å²) in [5.74, 6) is 1.58. The van der Waals surface area contributed by atoms with Gasteiger partial charge in [0.25, 0.3) is 0 Å². The molecule has 0 amide bonds. The van der Waals surface area contributed by atoms with Crippen LogP contribution in [0.25, 0.3) is 0 Å². The second-order valence-electron chi connectivity index (χ2n) is 9.37. The Morgan fingerprint density at radius 1 is 0.643 bits per heavy atom. The molecule has 0 radical (unpaired) electrons. The Morgan fingerprint density at radius 3 is 1.79 bits per heavy atom. The van der Waals surface area contributed by atoms with Gasteiger partial charge in [0, 0.05) is 19.4 Å². The maximum absolute atomic E-state index is 4.96. The molecule has 0 aromatic carbocycles. The Labute approximate surface area is 187 Å². The van der Waals surface area contributed by atoms with Gasteiger partial charge in [-0.15, -0.1) is 0 Å². The van der Waals surface area contributed by atoms with Crippen molar-refractivity contribution in [2.75, 3.05) is 26.2 Å². The lowest BCUT2D eigenvalue weighted by molar-refractivity contribution is -0.845. The van der Waals surface area contributed by atoms with Crippen LogP contribution in [0.5, 0.6) is 0 Å². The first-order chi connectivity index (χ1) is 13.4. The van der Waals surface area contributed by atoms with E-state index >= 15 is 0 Å². The van der Waals surface area contributed by atoms with Crippen LogP contribution in [-0.2, 0) is 0 Å². The van der Waals surface area contributed by atoms with Crippen molar-refractivity contribution in [3.63, 3.8) is 0 Å². The van der Waals surface area contributed by atoms with Crippen LogP contribution in [0.3, 0.4) is 0 Å². The Kier molecular flexibility index (Phi) is 15.7. The van der Waals surface area contributed by atoms with E-state index in [1.807, 2.05) is 0 Å². The van der Waals surface area contributed by atoms with Crippen molar-refractivity contribution in [1.82, 2.24) is 0 Å². The Hall–Kier alpha value is 0.110. The minimum atomic E-state index is 0. The predicted octanol–water partition coefficient (Wildman–Crippen LogP) is 4.66. The monoisotopic (exact) mass is 456 g/mol. The van der Waals surface area contributed by atoms with E-state index in [2.05, 4.69) is 6.92 Å². The number of halogens is 1. The van der Waals surface area contributed by atoms with Gasteiger partial charge in [-0.05, 0) is 32.1 Å². The third-order valence-corrected chi connectivity index (χ3v) is 7.01. The normalized spacial score (nSPS) is 22.1. The molecule has 0 aliphatic carbocycles. The molecule has 1 unspecified atom stereocenters. The molecule has 0 aromatic heterocycles. The summed E-state index contributed by atoms with van der Waals surface area (Å²) < 4.78 is 1.29. The van der Waals surface area contributed by atoms with E-state index < -0.39 is 0 Å². The number of unbranched alkanes of at least 4 members (excludes halogenated alkanes) is 13. The summed E-state index contributed by atoms with van der Waals surface area (Å²) in [4.78, 5) is 4.96. The van der Waals surface area contributed by atoms with Gasteiger partial charge in [0.05, 0.1) is 19.6 Å². The van der Waals surface area contributed by atoms with Crippen molar-refractivity contribution in [3.8, 4) is 0 Å². The van der Waals surface area contributed by atoms with E-state index in [0.717, 1.165) is 6.54 Å². The third-order valence-electron chi connectivity index (χ3n) is 7.01. The second kappa shape index (κ2) is 16.9. The highest BCUT2D eigenvalue weighted by Crippen LogP contribution is 2.26. The SMILES string of the molecule is CCCCCCCCCCCCCCCC[N+]12CCCCCC1=NCCC2.[Br-]. The lowest BCUT2D eigenvalue weighted by atomic mass is 10.0. The minimum absolute atomic E-state index is 0. The number of aliphatic imine (C=N–C) groups is 1. The van der Waals surface area contributed by atoms with Gasteiger partial charge in [-0.25, -0.2) is 4.99 Å². The van der Waals surface area contributed by atoms with Crippen LogP contribution >= 0.6 is 0 Å². The van der Waals surface area contributed by atoms with E-state index in [4.69, 9.17) is 4.99 Å². The number of fused-ring (bicyclic) bond motifs is 1. The fourth-order valence-electron chi connectivity index (χ4n) is 5.25. The molecule has 2 aliphatic rings. The molecule has 0 saturated carbocycles. The highest BCUT2D eigenvalue weighted by atomic mass is 79.9. The van der Waals surface area contributed by atoms with Gasteiger partial charge < -0.3 is 17.0 Å². The summed E-state index contributed by atoms with van der Waals surface area (Å²) >= 11 is 0. The molecule has 3 heteroatoms. The summed E-state index contributed by atoms with van der Waals surface area (Å²) in [5.41, 5.74) is 0. The van der Waals surface area contributed by atoms with E-state index in [1.54, 1.807) is 5.84 Å². The van der Waals surface area contributed by atoms with Gasteiger partial charge >= 0.3 is 0 Å². The van der Waals surface area contributed by atoms with Gasteiger partial charge in [0.2, 0.25) is 0 Å². The van der Waals surface area contributed by atoms with Crippen molar-refractivity contribution >= 4 is 5.84 Å². The number of hydrogen-bond acceptors (Lipinski definition) is 1. The topological polar surface area (TPSA) is 12.4 Å². The minimum Gasteiger partial charge on any atom is -1.00 e. The molecule has 28 heavy (non-hydrogen) atoms. The van der Waals surface area contributed by atoms with Crippen LogP contribution < -0.4 is 17.0 Å². The van der Waals surface area contributed by atoms with Gasteiger partial charge in [0.15, 0.2) is 5.84 Å². The molecule has 2 nitrogen and oxygen atoms in total. The maximum Gasteiger partial charge on any atom is 0.198 e. The molecule has 0 spiro atoms. The quantitative estimate of drug-likeness (QED) is 0.250. The number of nitrogens with zero attached hydrogens (tertiary/aromatic N) is 2. The molecular weight excluding hydrogens is 408 g/mol. The van der Waals surface area contributed by atoms with Crippen LogP contribution in [0.4, 0.5) is 0 Å². The maximum atomic E-state index is 4.96. The summed E-state index contributed by atoms with van der Waals surface area (Å²) in [6.07, 6.45) is 27.3. The number of amidine groups is 1. The Balaban J connectivity index is 0.00000392. The van der Waals surface area contributed by atoms with Gasteiger partial charge in [-0.1, -0.05) is 84.0 Å². The van der Waals surface area contributed by atoms with E-state index in [-0.39, 0.29) is 17.0 Å². The van der Waals surface area contributed by atoms with Crippen molar-refractivity contribution in [1.29, 1.82) is 0 Å². The van der Waals surface area contributed by atoms with Crippen LogP contribution in [0.1, 0.15) is 129 Å². The Bertz CT molecular complexity index is 396. The van der Waals surface area contributed by atoms with Crippen molar-refractivity contribution < 1.29 is 21.5 Å². The summed E-state index contributed by atoms with van der Waals surface area (Å²) in [7, 11) is 0. The van der Waals surface area contributed by atoms with Crippen molar-refractivity contribution in [3.05, 3.63) is 0 Å². The molecule has 0 bridgehead atoms. The summed E-state index contributed by atoms with van der Waals surface area (Å²) in [5, 5.41) is 0. The highest BCUT2D eigenvalue weighted by molar-refractivity contribution is 5.76. The zero-order valence-corrected chi connectivity index (χ0v) is 20.6. The molecule has 1 saturated heterocycles. The van der Waals surface area contributed by atoms with E-state index in [0.29, 0.717) is 0 Å². The lowest BCUT2D eigenvalue weighted by Crippen LogP contribution is -3.00. The predicted molar refractivity (Wildman–Crippen MR) is 121 cm³/mol. The first-order valence-electron chi connectivity index (χ1n) is 12.8. The number of rotatable bonds is 15. The summed E-state index contributed by atoms with van der Waals surface area (Å²) in [6, 6.07) is 0. The van der Waals surface area contributed by atoms with E-state index in [9.17, 15) is 0 Å². The molecule has 1 fully saturated rings. The molecule has 166 valence electrons. The molecule has 1 atom stereocenters. The average Bonchev–Trinajstić information content (AvgIpc) is 2.91. The average molecular weight is 458 g/mol. The fourth-order valence-corrected chi connectivity index (χ4v) is 5.25. The van der Waals surface area contributed by atoms with Crippen LogP contribution in [0, 0.1) is 0 Å². The first kappa shape index (κ1) is 26.1. The molecule has 2 aliphatic heterocycles. The van der Waals surface area contributed by atoms with Crippen molar-refractivity contribution in [2.24, 2.45) is 4.99 Å². The van der Waals surface area contributed by atoms with E-state index in [1.165, 1.54) is 146 Å². The number of quaternary nitrogens is 1. The van der Waals surface area contributed by atoms with Crippen LogP contribution in [0.2, 0.25) is 0 Å². The molecule has 0 aromatic rings. The zero-order chi connectivity index (χ0) is 19.0. The third kappa shape index (κ3) is 10.2. The van der Waals surface area contributed by atoms with Gasteiger partial charge in [-0.2, -0.15) is 0 Å². The molecule has 0 N–H and O–H groups in total. The fraction of sp³-hybridized carbons (Fsp3) is 0.960. The Morgan fingerprint density at radius 2 is 1.18 bits per heavy atom. The lowest BCUT2D eigenvalue weighted by Gasteiger charge is -2.40. The highest BCUT2D eigenvalue weighted by Gasteiger charge is 2.36. The second-order valence-corrected chi connectivity index (χ2v) is 9.37. The van der Waals surface area contributed by atoms with Crippen molar-refractivity contribution in [2.45, 2.75) is 129 Å². The molecule has 2 rings (SSSR count). The largest absolute Gasteiger partial charge is 1.00 e. The van der Waals surface area contributed by atoms with Crippen LogP contribution in [-0.4, -0.2) is 36.5 Å². The zero-order valence-electron chi connectivity index (χ0n) is 19.0. The number of hydrogen-bond donors (Lipinski definition) is 0. The van der Waals surface area contributed by atoms with Gasteiger partial charge in [-0.3, -0.25) is 4.48 Å². The first-order valence-corrected chi connectivity index (χ1v) is 12.8.